The average Bonchev–Trinajstić information content (AvgIpc) is 3.31. The van der Waals surface area contributed by atoms with Crippen molar-refractivity contribution in [3.63, 3.8) is 0 Å². The Balaban J connectivity index is 1.11. The molecule has 5 nitrogen and oxygen atoms in total. The van der Waals surface area contributed by atoms with Gasteiger partial charge in [-0.25, -0.2) is 4.39 Å². The predicted octanol–water partition coefficient (Wildman–Crippen LogP) is 5.52. The summed E-state index contributed by atoms with van der Waals surface area (Å²) in [6, 6.07) is 11.7. The summed E-state index contributed by atoms with van der Waals surface area (Å²) in [5.74, 6) is -0.281. The zero-order valence-corrected chi connectivity index (χ0v) is 21.4. The van der Waals surface area contributed by atoms with Crippen LogP contribution in [-0.2, 0) is 0 Å². The molecule has 5 rings (SSSR count). The van der Waals surface area contributed by atoms with Crippen LogP contribution in [0.5, 0.6) is 5.75 Å². The Kier molecular flexibility index (Phi) is 7.69. The molecule has 2 aromatic carbocycles. The number of hydrogen-bond donors (Lipinski definition) is 1. The molecule has 2 heterocycles. The number of benzene rings is 2. The van der Waals surface area contributed by atoms with Crippen LogP contribution in [-0.4, -0.2) is 72.4 Å². The molecule has 0 bridgehead atoms. The SMILES string of the molecule is O=C(c1ccc(-c2ccc(OCC3CCN(CC4(C(F)(F)F)CCC4)CC3)c(F)c2)cc1)N1CC[C@H](O)C1. The summed E-state index contributed by atoms with van der Waals surface area (Å²) >= 11 is 0. The van der Waals surface area contributed by atoms with Gasteiger partial charge in [0.05, 0.1) is 18.1 Å². The van der Waals surface area contributed by atoms with Gasteiger partial charge in [0, 0.05) is 25.2 Å². The molecule has 2 aliphatic heterocycles. The number of amides is 1. The highest BCUT2D eigenvalue weighted by Crippen LogP contribution is 2.53. The molecule has 206 valence electrons. The Labute approximate surface area is 220 Å². The number of hydrogen-bond acceptors (Lipinski definition) is 4. The molecule has 3 fully saturated rings. The molecular weight excluding hydrogens is 500 g/mol. The van der Waals surface area contributed by atoms with E-state index in [9.17, 15) is 27.5 Å². The fraction of sp³-hybridized carbons (Fsp3) is 0.552. The Bertz CT molecular complexity index is 1130. The fourth-order valence-electron chi connectivity index (χ4n) is 5.79. The lowest BCUT2D eigenvalue weighted by molar-refractivity contribution is -0.256. The first-order valence-electron chi connectivity index (χ1n) is 13.4. The van der Waals surface area contributed by atoms with E-state index in [1.165, 1.54) is 6.07 Å². The zero-order valence-electron chi connectivity index (χ0n) is 21.4. The van der Waals surface area contributed by atoms with Crippen LogP contribution in [0.25, 0.3) is 11.1 Å². The molecular formula is C29H34F4N2O3. The van der Waals surface area contributed by atoms with Crippen LogP contribution in [0.4, 0.5) is 17.6 Å². The fourth-order valence-corrected chi connectivity index (χ4v) is 5.79. The molecule has 9 heteroatoms. The Morgan fingerprint density at radius 2 is 1.68 bits per heavy atom. The third-order valence-electron chi connectivity index (χ3n) is 8.47. The minimum Gasteiger partial charge on any atom is -0.490 e. The zero-order chi connectivity index (χ0) is 26.9. The van der Waals surface area contributed by atoms with E-state index in [2.05, 4.69) is 0 Å². The molecule has 38 heavy (non-hydrogen) atoms. The molecule has 0 aromatic heterocycles. The van der Waals surface area contributed by atoms with Crippen molar-refractivity contribution >= 4 is 5.91 Å². The van der Waals surface area contributed by atoms with Crippen molar-refractivity contribution in [1.82, 2.24) is 9.80 Å². The Morgan fingerprint density at radius 3 is 2.24 bits per heavy atom. The van der Waals surface area contributed by atoms with Crippen LogP contribution < -0.4 is 4.74 Å². The van der Waals surface area contributed by atoms with Crippen LogP contribution in [0.3, 0.4) is 0 Å². The number of alkyl halides is 3. The van der Waals surface area contributed by atoms with Gasteiger partial charge >= 0.3 is 6.18 Å². The van der Waals surface area contributed by atoms with Gasteiger partial charge < -0.3 is 19.6 Å². The summed E-state index contributed by atoms with van der Waals surface area (Å²) in [5.41, 5.74) is 0.418. The Hall–Kier alpha value is -2.65. The van der Waals surface area contributed by atoms with Crippen molar-refractivity contribution in [2.24, 2.45) is 11.3 Å². The van der Waals surface area contributed by atoms with E-state index in [4.69, 9.17) is 4.74 Å². The minimum atomic E-state index is -4.15. The first kappa shape index (κ1) is 26.9. The second kappa shape index (κ2) is 10.8. The summed E-state index contributed by atoms with van der Waals surface area (Å²) in [6.07, 6.45) is -1.49. The number of β-amino-alcohol motifs (C(OH)–C–C–N with tert-alkyl or cyclic N) is 1. The first-order chi connectivity index (χ1) is 18.1. The van der Waals surface area contributed by atoms with E-state index in [-0.39, 0.29) is 37.0 Å². The maximum absolute atomic E-state index is 14.8. The van der Waals surface area contributed by atoms with Gasteiger partial charge in [0.1, 0.15) is 0 Å². The summed E-state index contributed by atoms with van der Waals surface area (Å²) in [7, 11) is 0. The van der Waals surface area contributed by atoms with Gasteiger partial charge in [0.25, 0.3) is 5.91 Å². The highest BCUT2D eigenvalue weighted by Gasteiger charge is 2.58. The topological polar surface area (TPSA) is 53.0 Å². The number of carbonyl (C=O) groups excluding carboxylic acids is 1. The van der Waals surface area contributed by atoms with Crippen LogP contribution in [0.2, 0.25) is 0 Å². The molecule has 0 unspecified atom stereocenters. The normalized spacial score (nSPS) is 22.3. The number of nitrogens with zero attached hydrogens (tertiary/aromatic N) is 2. The van der Waals surface area contributed by atoms with Crippen molar-refractivity contribution in [1.29, 1.82) is 0 Å². The maximum atomic E-state index is 14.8. The van der Waals surface area contributed by atoms with Crippen molar-refractivity contribution in [3.8, 4) is 16.9 Å². The highest BCUT2D eigenvalue weighted by molar-refractivity contribution is 5.95. The van der Waals surface area contributed by atoms with Crippen molar-refractivity contribution < 1.29 is 32.2 Å². The van der Waals surface area contributed by atoms with Crippen LogP contribution in [0, 0.1) is 17.2 Å². The molecule has 2 aromatic rings. The van der Waals surface area contributed by atoms with E-state index in [0.717, 1.165) is 18.4 Å². The second-order valence-corrected chi connectivity index (χ2v) is 11.1. The number of rotatable bonds is 7. The van der Waals surface area contributed by atoms with Crippen molar-refractivity contribution in [2.45, 2.75) is 50.8 Å². The summed E-state index contributed by atoms with van der Waals surface area (Å²) in [4.78, 5) is 16.1. The number of aliphatic hydroxyl groups excluding tert-OH is 1. The highest BCUT2D eigenvalue weighted by atomic mass is 19.4. The molecule has 1 N–H and O–H groups in total. The van der Waals surface area contributed by atoms with Gasteiger partial charge in [0.2, 0.25) is 0 Å². The second-order valence-electron chi connectivity index (χ2n) is 11.1. The lowest BCUT2D eigenvalue weighted by Gasteiger charge is -2.47. The van der Waals surface area contributed by atoms with Gasteiger partial charge in [-0.1, -0.05) is 24.6 Å². The number of carbonyl (C=O) groups is 1. The average molecular weight is 535 g/mol. The van der Waals surface area contributed by atoms with E-state index in [0.29, 0.717) is 56.8 Å². The molecule has 1 aliphatic carbocycles. The van der Waals surface area contributed by atoms with E-state index >= 15 is 0 Å². The molecule has 1 saturated carbocycles. The molecule has 0 spiro atoms. The number of piperidine rings is 1. The largest absolute Gasteiger partial charge is 0.490 e. The molecule has 1 atom stereocenters. The third kappa shape index (κ3) is 5.69. The number of halogens is 4. The van der Waals surface area contributed by atoms with Gasteiger partial charge in [-0.15, -0.1) is 0 Å². The van der Waals surface area contributed by atoms with Crippen LogP contribution in [0.15, 0.2) is 42.5 Å². The molecule has 3 aliphatic rings. The standard InChI is InChI=1S/C29H34F4N2O3/c30-25-16-23(21-2-4-22(5-3-21)27(37)35-15-10-24(36)17-35)6-7-26(25)38-18-20-8-13-34(14-9-20)19-28(11-1-12-28)29(31,32)33/h2-7,16,20,24,36H,1,8-15,17-19H2/t24-/m0/s1. The third-order valence-corrected chi connectivity index (χ3v) is 8.47. The van der Waals surface area contributed by atoms with Crippen molar-refractivity contribution in [2.75, 3.05) is 39.3 Å². The summed E-state index contributed by atoms with van der Waals surface area (Å²) < 4.78 is 61.0. The number of aliphatic hydroxyl groups is 1. The van der Waals surface area contributed by atoms with E-state index in [1.54, 1.807) is 41.3 Å². The smallest absolute Gasteiger partial charge is 0.395 e. The maximum Gasteiger partial charge on any atom is 0.395 e. The number of likely N-dealkylation sites (tertiary alicyclic amines) is 2. The Morgan fingerprint density at radius 1 is 1.00 bits per heavy atom. The van der Waals surface area contributed by atoms with E-state index in [1.807, 2.05) is 4.90 Å². The van der Waals surface area contributed by atoms with Gasteiger partial charge in [-0.3, -0.25) is 4.79 Å². The summed E-state index contributed by atoms with van der Waals surface area (Å²) in [5, 5.41) is 9.66. The lowest BCUT2D eigenvalue weighted by Crippen LogP contribution is -2.53. The summed E-state index contributed by atoms with van der Waals surface area (Å²) in [6.45, 7) is 2.48. The van der Waals surface area contributed by atoms with Gasteiger partial charge in [-0.05, 0) is 86.5 Å². The molecule has 1 amide bonds. The first-order valence-corrected chi connectivity index (χ1v) is 13.4. The number of ether oxygens (including phenoxy) is 1. The van der Waals surface area contributed by atoms with Crippen LogP contribution in [0.1, 0.15) is 48.9 Å². The monoisotopic (exact) mass is 534 g/mol. The lowest BCUT2D eigenvalue weighted by atomic mass is 9.67. The van der Waals surface area contributed by atoms with Gasteiger partial charge in [0.15, 0.2) is 11.6 Å². The van der Waals surface area contributed by atoms with Gasteiger partial charge in [-0.2, -0.15) is 13.2 Å². The van der Waals surface area contributed by atoms with Crippen molar-refractivity contribution in [3.05, 3.63) is 53.8 Å². The van der Waals surface area contributed by atoms with E-state index < -0.39 is 23.5 Å². The van der Waals surface area contributed by atoms with Crippen LogP contribution >= 0.6 is 0 Å². The quantitative estimate of drug-likeness (QED) is 0.475. The minimum absolute atomic E-state index is 0.0800. The molecule has 2 saturated heterocycles. The predicted molar refractivity (Wildman–Crippen MR) is 135 cm³/mol. The molecule has 0 radical (unpaired) electrons.